The topological polar surface area (TPSA) is 316 Å². The molecule has 1 aromatic rings. The van der Waals surface area contributed by atoms with Gasteiger partial charge in [-0.15, -0.1) is 0 Å². The predicted octanol–water partition coefficient (Wildman–Crippen LogP) is -0.249. The zero-order valence-electron chi connectivity index (χ0n) is 39.3. The van der Waals surface area contributed by atoms with E-state index in [0.29, 0.717) is 29.8 Å². The Morgan fingerprint density at radius 1 is 0.710 bits per heavy atom. The molecule has 0 aromatic heterocycles. The number of amides is 6. The van der Waals surface area contributed by atoms with E-state index in [1.807, 2.05) is 6.26 Å². The number of nitrogens with zero attached hydrogens (tertiary/aromatic N) is 5. The average molecular weight is 1140 g/mol. The molecule has 69 heavy (non-hydrogen) atoms. The molecule has 0 aliphatic carbocycles. The molecule has 2 fully saturated rings. The van der Waals surface area contributed by atoms with Crippen LogP contribution in [0.3, 0.4) is 0 Å². The Hall–Kier alpha value is -4.37. The number of imide groups is 1. The number of Topliss-reactive ketones (excluding diaryl/α,β-unsaturated/α-hetero) is 1. The molecule has 386 valence electrons. The van der Waals surface area contributed by atoms with Crippen LogP contribution >= 0.6 is 11.8 Å². The number of anilines is 1. The fourth-order valence-corrected chi connectivity index (χ4v) is 8.11. The van der Waals surface area contributed by atoms with Crippen molar-refractivity contribution in [3.8, 4) is 0 Å². The molecule has 0 saturated carbocycles. The second kappa shape index (κ2) is 31.8. The smallest absolute Gasteiger partial charge is 0.326 e. The number of aliphatic carboxylic acids is 4. The van der Waals surface area contributed by atoms with Crippen molar-refractivity contribution in [2.75, 3.05) is 102 Å². The average Bonchev–Trinajstić information content (AvgIpc) is 3.51. The third-order valence-corrected chi connectivity index (χ3v) is 12.2. The number of thioether (sulfide) groups is 1. The Balaban J connectivity index is 0.0000163. The summed E-state index contributed by atoms with van der Waals surface area (Å²) < 4.78 is 0. The summed E-state index contributed by atoms with van der Waals surface area (Å²) in [5.41, 5.74) is 1.08. The molecule has 0 spiro atoms. The van der Waals surface area contributed by atoms with Crippen LogP contribution in [-0.2, 0) is 49.7 Å². The van der Waals surface area contributed by atoms with Crippen molar-refractivity contribution < 1.29 is 108 Å². The molecule has 1 unspecified atom stereocenters. The SMILES string of the molecule is CSCC[C@H](NC(=O)Nc1ccc(CNC(=O)CN2CCN(CC(=O)O)CCN(CC(=O)O)CCN(CC(=O)O)CC2)cc1)C(=O)C[C@H](C)C(=O)N[C@@H](CCCCN1C(=O)CC(C)C1=O)C(=O)O.[Gd]. The Morgan fingerprint density at radius 2 is 1.22 bits per heavy atom. The minimum Gasteiger partial charge on any atom is -0.480 e. The Labute approximate surface area is 437 Å². The Bertz CT molecular complexity index is 1900. The summed E-state index contributed by atoms with van der Waals surface area (Å²) in [6, 6.07) is 3.72. The number of carboxylic acids is 4. The molecule has 8 N–H and O–H groups in total. The first-order chi connectivity index (χ1) is 32.2. The number of unbranched alkanes of at least 4 members (excludes halogenated alkanes) is 1. The molecule has 2 saturated heterocycles. The van der Waals surface area contributed by atoms with Gasteiger partial charge in [-0.1, -0.05) is 26.0 Å². The summed E-state index contributed by atoms with van der Waals surface area (Å²) in [5.74, 6) is -7.13. The van der Waals surface area contributed by atoms with Crippen molar-refractivity contribution in [2.24, 2.45) is 11.8 Å². The van der Waals surface area contributed by atoms with Gasteiger partial charge >= 0.3 is 29.9 Å². The first-order valence-corrected chi connectivity index (χ1v) is 24.0. The normalized spacial score (nSPS) is 18.1. The van der Waals surface area contributed by atoms with Gasteiger partial charge < -0.3 is 41.7 Å². The van der Waals surface area contributed by atoms with E-state index in [-0.39, 0.29) is 181 Å². The summed E-state index contributed by atoms with van der Waals surface area (Å²) in [5, 5.41) is 48.8. The van der Waals surface area contributed by atoms with E-state index in [9.17, 15) is 68.4 Å². The first-order valence-electron chi connectivity index (χ1n) is 22.6. The van der Waals surface area contributed by atoms with Crippen LogP contribution < -0.4 is 21.3 Å². The number of nitrogens with one attached hydrogen (secondary N) is 4. The van der Waals surface area contributed by atoms with Crippen LogP contribution in [0.2, 0.25) is 0 Å². The van der Waals surface area contributed by atoms with Crippen LogP contribution in [0.1, 0.15) is 57.9 Å². The van der Waals surface area contributed by atoms with Gasteiger partial charge in [-0.3, -0.25) is 62.9 Å². The third kappa shape index (κ3) is 23.4. The quantitative estimate of drug-likeness (QED) is 0.0438. The fourth-order valence-electron chi connectivity index (χ4n) is 7.63. The van der Waals surface area contributed by atoms with Crippen molar-refractivity contribution in [1.82, 2.24) is 40.4 Å². The number of likely N-dealkylation sites (tertiary alicyclic amines) is 1. The molecule has 4 atom stereocenters. The van der Waals surface area contributed by atoms with Crippen molar-refractivity contribution in [3.05, 3.63) is 29.8 Å². The van der Waals surface area contributed by atoms with Gasteiger partial charge in [0.1, 0.15) is 6.04 Å². The summed E-state index contributed by atoms with van der Waals surface area (Å²) in [6.45, 7) is 4.63. The number of carbonyl (C=O) groups excluding carboxylic acids is 6. The molecule has 0 radical (unpaired) electrons. The van der Waals surface area contributed by atoms with E-state index >= 15 is 0 Å². The number of hydrogen-bond acceptors (Lipinski definition) is 15. The number of benzene rings is 1. The molecule has 2 heterocycles. The van der Waals surface area contributed by atoms with Gasteiger partial charge in [0.15, 0.2) is 5.78 Å². The Kier molecular flexibility index (Phi) is 28.0. The van der Waals surface area contributed by atoms with E-state index < -0.39 is 59.6 Å². The number of hydrogen-bond donors (Lipinski definition) is 8. The van der Waals surface area contributed by atoms with Crippen molar-refractivity contribution in [3.63, 3.8) is 0 Å². The predicted molar refractivity (Wildman–Crippen MR) is 249 cm³/mol. The van der Waals surface area contributed by atoms with Gasteiger partial charge in [-0.25, -0.2) is 9.59 Å². The van der Waals surface area contributed by atoms with E-state index in [1.165, 1.54) is 23.6 Å². The van der Waals surface area contributed by atoms with E-state index in [4.69, 9.17) is 0 Å². The van der Waals surface area contributed by atoms with Gasteiger partial charge in [0.25, 0.3) is 0 Å². The molecule has 3 rings (SSSR count). The number of ketones is 1. The minimum atomic E-state index is -1.26. The largest absolute Gasteiger partial charge is 0.480 e. The molecule has 25 heteroatoms. The summed E-state index contributed by atoms with van der Waals surface area (Å²) >= 11 is 1.46. The van der Waals surface area contributed by atoms with Gasteiger partial charge in [-0.05, 0) is 55.4 Å². The van der Waals surface area contributed by atoms with Crippen LogP contribution in [0.15, 0.2) is 24.3 Å². The maximum atomic E-state index is 13.4. The first kappa shape index (κ1) is 60.8. The standard InChI is InChI=1S/C44H67N9O14S.Gd/c1-29(41(63)47-34(43(65)66)6-4-5-12-53-37(56)23-30(2)42(53)64)22-35(54)33(11-21-68-3)48-44(67)46-32-9-7-31(8-10-32)24-45-36(55)25-49-13-15-50(26-38(57)58)17-19-52(28-40(61)62)20-18-51(16-14-49)27-39(59)60;/h7-10,29-30,33-34H,4-6,11-28H2,1-3H3,(H,45,55)(H,47,63)(H,57,58)(H,59,60)(H,61,62)(H,65,66)(H2,46,48,67);/t29-,30?,33-,34-;/m0./s1. The van der Waals surface area contributed by atoms with Crippen LogP contribution in [0.5, 0.6) is 0 Å². The van der Waals surface area contributed by atoms with Crippen LogP contribution in [0, 0.1) is 51.8 Å². The van der Waals surface area contributed by atoms with Crippen molar-refractivity contribution in [1.29, 1.82) is 0 Å². The summed E-state index contributed by atoms with van der Waals surface area (Å²) in [7, 11) is 0. The van der Waals surface area contributed by atoms with Gasteiger partial charge in [0.2, 0.25) is 23.6 Å². The van der Waals surface area contributed by atoms with E-state index in [0.717, 1.165) is 0 Å². The summed E-state index contributed by atoms with van der Waals surface area (Å²) in [6.07, 6.45) is 2.73. The van der Waals surface area contributed by atoms with E-state index in [1.54, 1.807) is 50.8 Å². The molecular formula is C44H67GdN9O14S. The third-order valence-electron chi connectivity index (χ3n) is 11.5. The number of rotatable bonds is 26. The zero-order valence-corrected chi connectivity index (χ0v) is 42.4. The van der Waals surface area contributed by atoms with Crippen molar-refractivity contribution >= 4 is 76.8 Å². The van der Waals surface area contributed by atoms with Crippen LogP contribution in [0.25, 0.3) is 0 Å². The van der Waals surface area contributed by atoms with Crippen LogP contribution in [-0.4, -0.2) is 213 Å². The molecule has 2 aliphatic heterocycles. The van der Waals surface area contributed by atoms with Crippen LogP contribution in [0.4, 0.5) is 10.5 Å². The molecule has 0 bridgehead atoms. The maximum absolute atomic E-state index is 13.4. The fraction of sp³-hybridized carbons (Fsp3) is 0.636. The van der Waals surface area contributed by atoms with Crippen molar-refractivity contribution in [2.45, 2.75) is 71.0 Å². The van der Waals surface area contributed by atoms with E-state index in [2.05, 4.69) is 21.3 Å². The molecule has 1 aromatic carbocycles. The Morgan fingerprint density at radius 3 is 1.67 bits per heavy atom. The minimum absolute atomic E-state index is 0. The van der Waals surface area contributed by atoms with Gasteiger partial charge in [0, 0.05) is 136 Å². The molecule has 23 nitrogen and oxygen atoms in total. The van der Waals surface area contributed by atoms with Gasteiger partial charge in [0.05, 0.1) is 32.2 Å². The number of carboxylic acid groups (broad SMARTS) is 4. The second-order valence-electron chi connectivity index (χ2n) is 17.1. The second-order valence-corrected chi connectivity index (χ2v) is 18.1. The molecule has 2 aliphatic rings. The molecule has 6 amide bonds. The molecular weight excluding hydrogens is 1070 g/mol. The van der Waals surface area contributed by atoms with Gasteiger partial charge in [-0.2, -0.15) is 11.8 Å². The number of urea groups is 1. The monoisotopic (exact) mass is 1140 g/mol. The zero-order chi connectivity index (χ0) is 50.3. The summed E-state index contributed by atoms with van der Waals surface area (Å²) in [4.78, 5) is 131. The maximum Gasteiger partial charge on any atom is 0.326 e. The number of carbonyl (C=O) groups is 10.